The first-order valence-electron chi connectivity index (χ1n) is 3.85. The molecule has 6 N–H and O–H groups in total. The van der Waals surface area contributed by atoms with Gasteiger partial charge < -0.3 is 16.7 Å². The van der Waals surface area contributed by atoms with Crippen molar-refractivity contribution in [1.82, 2.24) is 6.15 Å². The van der Waals surface area contributed by atoms with Crippen molar-refractivity contribution in [3.8, 4) is 0 Å². The maximum atomic E-state index is 8.98. The van der Waals surface area contributed by atoms with E-state index in [0.29, 0.717) is 6.61 Å². The summed E-state index contributed by atoms with van der Waals surface area (Å²) in [6.07, 6.45) is 3.28. The lowest BCUT2D eigenvalue weighted by molar-refractivity contribution is 0.111. The topological polar surface area (TPSA) is 86.7 Å². The van der Waals surface area contributed by atoms with Crippen molar-refractivity contribution in [2.45, 2.75) is 40.0 Å². The highest BCUT2D eigenvalue weighted by molar-refractivity contribution is 4.72. The summed E-state index contributed by atoms with van der Waals surface area (Å²) in [5.41, 5.74) is 0.222. The lowest BCUT2D eigenvalue weighted by atomic mass is 9.81. The van der Waals surface area contributed by atoms with Crippen molar-refractivity contribution in [2.24, 2.45) is 5.41 Å². The van der Waals surface area contributed by atoms with Crippen LogP contribution < -0.4 is 6.15 Å². The van der Waals surface area contributed by atoms with Crippen LogP contribution in [0.3, 0.4) is 0 Å². The molecule has 0 heterocycles. The Bertz CT molecular complexity index is 55.0. The molecular weight excluding hydrogens is 142 g/mol. The van der Waals surface area contributed by atoms with Gasteiger partial charge in [0.25, 0.3) is 0 Å². The number of hydrogen-bond acceptors (Lipinski definition) is 2. The van der Waals surface area contributed by atoms with Gasteiger partial charge in [-0.05, 0) is 24.7 Å². The van der Waals surface area contributed by atoms with Gasteiger partial charge in [-0.1, -0.05) is 20.8 Å². The third-order valence-electron chi connectivity index (χ3n) is 2.59. The van der Waals surface area contributed by atoms with Gasteiger partial charge in [0.1, 0.15) is 0 Å². The van der Waals surface area contributed by atoms with Crippen LogP contribution in [-0.2, 0) is 0 Å². The number of aliphatic hydroxyl groups is 1. The van der Waals surface area contributed by atoms with E-state index in [9.17, 15) is 0 Å². The highest BCUT2D eigenvalue weighted by Gasteiger charge is 2.21. The molecule has 0 aromatic carbocycles. The third kappa shape index (κ3) is 4.35. The second-order valence-corrected chi connectivity index (χ2v) is 2.72. The third-order valence-corrected chi connectivity index (χ3v) is 2.59. The average Bonchev–Trinajstić information content (AvgIpc) is 1.95. The molecule has 0 aliphatic carbocycles. The highest BCUT2D eigenvalue weighted by Crippen LogP contribution is 2.28. The van der Waals surface area contributed by atoms with E-state index >= 15 is 0 Å². The molecule has 0 aliphatic rings. The number of rotatable bonds is 4. The minimum atomic E-state index is 0. The zero-order chi connectivity index (χ0) is 7.33. The van der Waals surface area contributed by atoms with Crippen molar-refractivity contribution in [2.75, 3.05) is 6.61 Å². The normalized spacial score (nSPS) is 9.82. The Morgan fingerprint density at radius 2 is 1.27 bits per heavy atom. The highest BCUT2D eigenvalue weighted by atomic mass is 16.3. The monoisotopic (exact) mass is 165 g/mol. The van der Waals surface area contributed by atoms with E-state index in [4.69, 9.17) is 5.11 Å². The summed E-state index contributed by atoms with van der Waals surface area (Å²) in [4.78, 5) is 0. The van der Waals surface area contributed by atoms with E-state index in [0.717, 1.165) is 19.3 Å². The van der Waals surface area contributed by atoms with Crippen LogP contribution >= 0.6 is 0 Å². The van der Waals surface area contributed by atoms with Crippen molar-refractivity contribution < 1.29 is 10.6 Å². The summed E-state index contributed by atoms with van der Waals surface area (Å²) < 4.78 is 0. The Hall–Kier alpha value is -0.120. The standard InChI is InChI=1S/C8H18O.H3N.H2O/c1-4-8(5-2,6-3)7-9;;/h9H,4-7H2,1-3H3;1H3;1H2. The maximum absolute atomic E-state index is 8.98. The molecule has 0 spiro atoms. The van der Waals surface area contributed by atoms with Gasteiger partial charge in [0.05, 0.1) is 0 Å². The first kappa shape index (κ1) is 17.1. The molecule has 3 nitrogen and oxygen atoms in total. The number of hydrogen-bond donors (Lipinski definition) is 2. The smallest absolute Gasteiger partial charge is 0.0487 e. The maximum Gasteiger partial charge on any atom is 0.0487 e. The van der Waals surface area contributed by atoms with Crippen LogP contribution in [0.4, 0.5) is 0 Å². The molecule has 0 saturated heterocycles. The predicted octanol–water partition coefficient (Wildman–Crippen LogP) is 1.53. The Morgan fingerprint density at radius 3 is 1.27 bits per heavy atom. The fourth-order valence-electron chi connectivity index (χ4n) is 1.09. The van der Waals surface area contributed by atoms with Gasteiger partial charge in [0.15, 0.2) is 0 Å². The van der Waals surface area contributed by atoms with Gasteiger partial charge >= 0.3 is 0 Å². The largest absolute Gasteiger partial charge is 0.412 e. The van der Waals surface area contributed by atoms with Crippen molar-refractivity contribution in [3.63, 3.8) is 0 Å². The van der Waals surface area contributed by atoms with E-state index in [1.165, 1.54) is 0 Å². The lowest BCUT2D eigenvalue weighted by Crippen LogP contribution is -2.22. The van der Waals surface area contributed by atoms with Crippen LogP contribution in [0.15, 0.2) is 0 Å². The Labute approximate surface area is 69.7 Å². The Morgan fingerprint density at radius 1 is 1.00 bits per heavy atom. The van der Waals surface area contributed by atoms with E-state index in [-0.39, 0.29) is 17.0 Å². The molecule has 0 atom stereocenters. The molecule has 0 aromatic heterocycles. The second-order valence-electron chi connectivity index (χ2n) is 2.72. The molecule has 0 rings (SSSR count). The van der Waals surface area contributed by atoms with Crippen LogP contribution in [-0.4, -0.2) is 17.2 Å². The van der Waals surface area contributed by atoms with Crippen LogP contribution in [0.2, 0.25) is 0 Å². The molecule has 0 aromatic rings. The van der Waals surface area contributed by atoms with Gasteiger partial charge in [-0.25, -0.2) is 0 Å². The minimum Gasteiger partial charge on any atom is -0.412 e. The summed E-state index contributed by atoms with van der Waals surface area (Å²) in [6.45, 7) is 6.77. The van der Waals surface area contributed by atoms with Crippen molar-refractivity contribution in [3.05, 3.63) is 0 Å². The Balaban J connectivity index is -0.000000320. The predicted molar refractivity (Wildman–Crippen MR) is 49.0 cm³/mol. The minimum absolute atomic E-state index is 0. The molecule has 0 saturated carbocycles. The molecular formula is C8H23NO2. The van der Waals surface area contributed by atoms with Crippen LogP contribution in [0.25, 0.3) is 0 Å². The number of aliphatic hydroxyl groups excluding tert-OH is 1. The molecule has 0 aliphatic heterocycles. The van der Waals surface area contributed by atoms with Gasteiger partial charge in [-0.3, -0.25) is 0 Å². The average molecular weight is 165 g/mol. The van der Waals surface area contributed by atoms with Crippen molar-refractivity contribution in [1.29, 1.82) is 0 Å². The summed E-state index contributed by atoms with van der Waals surface area (Å²) >= 11 is 0. The van der Waals surface area contributed by atoms with Crippen molar-refractivity contribution >= 4 is 0 Å². The van der Waals surface area contributed by atoms with Crippen LogP contribution in [0.5, 0.6) is 0 Å². The fourth-order valence-corrected chi connectivity index (χ4v) is 1.09. The first-order chi connectivity index (χ1) is 4.24. The van der Waals surface area contributed by atoms with E-state index < -0.39 is 0 Å². The van der Waals surface area contributed by atoms with Gasteiger partial charge in [0, 0.05) is 6.61 Å². The zero-order valence-corrected chi connectivity index (χ0v) is 7.98. The first-order valence-corrected chi connectivity index (χ1v) is 3.85. The zero-order valence-electron chi connectivity index (χ0n) is 7.98. The fraction of sp³-hybridized carbons (Fsp3) is 1.00. The van der Waals surface area contributed by atoms with Gasteiger partial charge in [0.2, 0.25) is 0 Å². The van der Waals surface area contributed by atoms with E-state index in [2.05, 4.69) is 20.8 Å². The van der Waals surface area contributed by atoms with Gasteiger partial charge in [-0.2, -0.15) is 0 Å². The molecule has 0 radical (unpaired) electrons. The second kappa shape index (κ2) is 7.98. The lowest BCUT2D eigenvalue weighted by Gasteiger charge is -2.27. The molecule has 72 valence electrons. The molecule has 0 amide bonds. The summed E-state index contributed by atoms with van der Waals surface area (Å²) in [6, 6.07) is 0. The van der Waals surface area contributed by atoms with Crippen LogP contribution in [0.1, 0.15) is 40.0 Å². The molecule has 3 heteroatoms. The van der Waals surface area contributed by atoms with E-state index in [1.807, 2.05) is 0 Å². The Kier molecular flexibility index (Phi) is 12.4. The summed E-state index contributed by atoms with van der Waals surface area (Å²) in [5, 5.41) is 8.98. The molecule has 0 unspecified atom stereocenters. The molecule has 11 heavy (non-hydrogen) atoms. The quantitative estimate of drug-likeness (QED) is 0.661. The molecule has 0 bridgehead atoms. The van der Waals surface area contributed by atoms with E-state index in [1.54, 1.807) is 0 Å². The SMILES string of the molecule is CCC(CC)(CC)CO.N.O. The molecule has 0 fully saturated rings. The summed E-state index contributed by atoms with van der Waals surface area (Å²) in [5.74, 6) is 0. The summed E-state index contributed by atoms with van der Waals surface area (Å²) in [7, 11) is 0. The van der Waals surface area contributed by atoms with Gasteiger partial charge in [-0.15, -0.1) is 0 Å². The van der Waals surface area contributed by atoms with Crippen LogP contribution in [0, 0.1) is 5.41 Å².